The third kappa shape index (κ3) is 1.85. The first-order valence-electron chi connectivity index (χ1n) is 5.45. The van der Waals surface area contributed by atoms with E-state index in [1.54, 1.807) is 0 Å². The van der Waals surface area contributed by atoms with Gasteiger partial charge in [-0.15, -0.1) is 0 Å². The van der Waals surface area contributed by atoms with Gasteiger partial charge in [0, 0.05) is 11.3 Å². The fourth-order valence-corrected chi connectivity index (χ4v) is 2.27. The summed E-state index contributed by atoms with van der Waals surface area (Å²) in [5, 5.41) is 22.2. The molecule has 2 atom stereocenters. The van der Waals surface area contributed by atoms with E-state index in [4.69, 9.17) is 5.26 Å². The lowest BCUT2D eigenvalue weighted by atomic mass is 9.99. The molecule has 0 spiro atoms. The van der Waals surface area contributed by atoms with Crippen LogP contribution < -0.4 is 5.32 Å². The number of carbonyl (C=O) groups is 1. The van der Waals surface area contributed by atoms with Crippen molar-refractivity contribution < 1.29 is 9.72 Å². The second-order valence-electron chi connectivity index (χ2n) is 4.59. The molecule has 1 amide bonds. The Bertz CT molecular complexity index is 368. The summed E-state index contributed by atoms with van der Waals surface area (Å²) in [5.74, 6) is -0.856. The van der Waals surface area contributed by atoms with Crippen LogP contribution in [0.2, 0.25) is 0 Å². The van der Waals surface area contributed by atoms with E-state index >= 15 is 0 Å². The molecule has 0 bridgehead atoms. The summed E-state index contributed by atoms with van der Waals surface area (Å²) in [7, 11) is 0. The summed E-state index contributed by atoms with van der Waals surface area (Å²) in [4.78, 5) is 21.7. The minimum absolute atomic E-state index is 0.306. The van der Waals surface area contributed by atoms with Gasteiger partial charge in [0.25, 0.3) is 0 Å². The Morgan fingerprint density at radius 1 is 1.50 bits per heavy atom. The van der Waals surface area contributed by atoms with Gasteiger partial charge in [0.15, 0.2) is 0 Å². The van der Waals surface area contributed by atoms with Crippen molar-refractivity contribution in [2.75, 3.05) is 0 Å². The molecule has 1 N–H and O–H groups in total. The van der Waals surface area contributed by atoms with Crippen LogP contribution in [0.4, 0.5) is 0 Å². The molecule has 2 rings (SSSR count). The average molecular weight is 223 g/mol. The van der Waals surface area contributed by atoms with Gasteiger partial charge in [-0.25, -0.2) is 0 Å². The number of carbonyl (C=O) groups excluding carboxylic acids is 1. The molecule has 6 nitrogen and oxygen atoms in total. The SMILES string of the molecule is N#CC1(NC(=O)[C@@H]2C[C@H]2[N+](=O)[O-])CCCC1. The van der Waals surface area contributed by atoms with Gasteiger partial charge in [0.2, 0.25) is 11.9 Å². The zero-order chi connectivity index (χ0) is 11.8. The molecule has 0 saturated heterocycles. The summed E-state index contributed by atoms with van der Waals surface area (Å²) < 4.78 is 0. The van der Waals surface area contributed by atoms with Crippen molar-refractivity contribution in [2.24, 2.45) is 5.92 Å². The highest BCUT2D eigenvalue weighted by Crippen LogP contribution is 2.35. The van der Waals surface area contributed by atoms with Crippen LogP contribution in [0.5, 0.6) is 0 Å². The number of hydrogen-bond acceptors (Lipinski definition) is 4. The minimum Gasteiger partial charge on any atom is -0.337 e. The van der Waals surface area contributed by atoms with Crippen LogP contribution in [0.15, 0.2) is 0 Å². The van der Waals surface area contributed by atoms with E-state index in [2.05, 4.69) is 11.4 Å². The summed E-state index contributed by atoms with van der Waals surface area (Å²) >= 11 is 0. The Balaban J connectivity index is 1.93. The third-order valence-corrected chi connectivity index (χ3v) is 3.40. The highest BCUT2D eigenvalue weighted by Gasteiger charge is 2.54. The number of nitrogens with zero attached hydrogens (tertiary/aromatic N) is 2. The molecule has 0 heterocycles. The molecular formula is C10H13N3O3. The number of nitrogens with one attached hydrogen (secondary N) is 1. The highest BCUT2D eigenvalue weighted by molar-refractivity contribution is 5.83. The molecule has 2 fully saturated rings. The standard InChI is InChI=1S/C10H13N3O3/c11-6-10(3-1-2-4-10)12-9(14)7-5-8(7)13(15)16/h7-8H,1-5H2,(H,12,14)/t7-,8-/m1/s1. The first-order valence-corrected chi connectivity index (χ1v) is 5.45. The Morgan fingerprint density at radius 2 is 2.12 bits per heavy atom. The highest BCUT2D eigenvalue weighted by atomic mass is 16.6. The van der Waals surface area contributed by atoms with E-state index in [9.17, 15) is 14.9 Å². The zero-order valence-electron chi connectivity index (χ0n) is 8.81. The molecule has 6 heteroatoms. The van der Waals surface area contributed by atoms with Crippen molar-refractivity contribution in [3.63, 3.8) is 0 Å². The van der Waals surface area contributed by atoms with Crippen LogP contribution in [-0.4, -0.2) is 22.4 Å². The summed E-state index contributed by atoms with van der Waals surface area (Å²) in [6, 6.07) is 1.39. The Morgan fingerprint density at radius 3 is 2.56 bits per heavy atom. The molecule has 2 saturated carbocycles. The molecular weight excluding hydrogens is 210 g/mol. The molecule has 16 heavy (non-hydrogen) atoms. The van der Waals surface area contributed by atoms with Gasteiger partial charge in [0.1, 0.15) is 11.5 Å². The van der Waals surface area contributed by atoms with Crippen LogP contribution in [-0.2, 0) is 4.79 Å². The van der Waals surface area contributed by atoms with Gasteiger partial charge in [-0.2, -0.15) is 5.26 Å². The van der Waals surface area contributed by atoms with E-state index in [1.807, 2.05) is 0 Å². The maximum absolute atomic E-state index is 11.7. The zero-order valence-corrected chi connectivity index (χ0v) is 8.81. The predicted molar refractivity (Wildman–Crippen MR) is 53.8 cm³/mol. The molecule has 0 unspecified atom stereocenters. The van der Waals surface area contributed by atoms with Crippen molar-refractivity contribution in [1.82, 2.24) is 5.32 Å². The summed E-state index contributed by atoms with van der Waals surface area (Å²) in [6.45, 7) is 0. The van der Waals surface area contributed by atoms with Crippen LogP contribution in [0.25, 0.3) is 0 Å². The smallest absolute Gasteiger partial charge is 0.231 e. The van der Waals surface area contributed by atoms with Crippen molar-refractivity contribution in [3.8, 4) is 6.07 Å². The maximum Gasteiger partial charge on any atom is 0.231 e. The molecule has 2 aliphatic carbocycles. The Hall–Kier alpha value is -1.64. The number of nitriles is 1. The van der Waals surface area contributed by atoms with Gasteiger partial charge in [-0.3, -0.25) is 14.9 Å². The first-order chi connectivity index (χ1) is 7.58. The fourth-order valence-electron chi connectivity index (χ4n) is 2.27. The van der Waals surface area contributed by atoms with Gasteiger partial charge in [-0.1, -0.05) is 0 Å². The van der Waals surface area contributed by atoms with Gasteiger partial charge in [0.05, 0.1) is 6.07 Å². The van der Waals surface area contributed by atoms with Crippen LogP contribution >= 0.6 is 0 Å². The van der Waals surface area contributed by atoms with E-state index in [-0.39, 0.29) is 5.91 Å². The number of hydrogen-bond donors (Lipinski definition) is 1. The lowest BCUT2D eigenvalue weighted by Crippen LogP contribution is -2.46. The number of rotatable bonds is 3. The third-order valence-electron chi connectivity index (χ3n) is 3.40. The van der Waals surface area contributed by atoms with Crippen molar-refractivity contribution in [2.45, 2.75) is 43.7 Å². The van der Waals surface area contributed by atoms with Crippen molar-refractivity contribution in [3.05, 3.63) is 10.1 Å². The molecule has 0 aliphatic heterocycles. The van der Waals surface area contributed by atoms with Crippen molar-refractivity contribution in [1.29, 1.82) is 5.26 Å². The van der Waals surface area contributed by atoms with Crippen molar-refractivity contribution >= 4 is 5.91 Å². The average Bonchev–Trinajstić information content (AvgIpc) is 2.94. The largest absolute Gasteiger partial charge is 0.337 e. The monoisotopic (exact) mass is 223 g/mol. The first kappa shape index (κ1) is 10.9. The Labute approximate surface area is 92.8 Å². The topological polar surface area (TPSA) is 96.0 Å². The van der Waals surface area contributed by atoms with E-state index in [0.717, 1.165) is 12.8 Å². The van der Waals surface area contributed by atoms with E-state index in [0.29, 0.717) is 19.3 Å². The van der Waals surface area contributed by atoms with Gasteiger partial charge >= 0.3 is 0 Å². The molecule has 0 aromatic heterocycles. The lowest BCUT2D eigenvalue weighted by molar-refractivity contribution is -0.497. The normalized spacial score (nSPS) is 30.4. The van der Waals surface area contributed by atoms with Crippen LogP contribution in [0.3, 0.4) is 0 Å². The van der Waals surface area contributed by atoms with E-state index in [1.165, 1.54) is 0 Å². The molecule has 86 valence electrons. The van der Waals surface area contributed by atoms with Crippen LogP contribution in [0.1, 0.15) is 32.1 Å². The van der Waals surface area contributed by atoms with E-state index < -0.39 is 22.4 Å². The maximum atomic E-state index is 11.7. The quantitative estimate of drug-likeness (QED) is 0.559. The second kappa shape index (κ2) is 3.74. The second-order valence-corrected chi connectivity index (χ2v) is 4.59. The van der Waals surface area contributed by atoms with Gasteiger partial charge < -0.3 is 5.32 Å². The Kier molecular flexibility index (Phi) is 2.54. The summed E-state index contributed by atoms with van der Waals surface area (Å²) in [6.07, 6.45) is 3.48. The molecule has 0 aromatic carbocycles. The number of nitro groups is 1. The molecule has 0 aromatic rings. The van der Waals surface area contributed by atoms with Crippen LogP contribution in [0, 0.1) is 27.4 Å². The number of amides is 1. The molecule has 0 radical (unpaired) electrons. The van der Waals surface area contributed by atoms with Gasteiger partial charge in [-0.05, 0) is 25.7 Å². The lowest BCUT2D eigenvalue weighted by Gasteiger charge is -2.21. The fraction of sp³-hybridized carbons (Fsp3) is 0.800. The predicted octanol–water partition coefficient (Wildman–Crippen LogP) is 0.604. The summed E-state index contributed by atoms with van der Waals surface area (Å²) in [5.41, 5.74) is -0.763. The minimum atomic E-state index is -0.763. The molecule has 2 aliphatic rings.